The van der Waals surface area contributed by atoms with E-state index in [1.54, 1.807) is 12.1 Å². The molecule has 3 heteroatoms. The molecule has 1 aromatic rings. The average Bonchev–Trinajstić information content (AvgIpc) is 2.27. The lowest BCUT2D eigenvalue weighted by molar-refractivity contribution is 0.496. The maximum Gasteiger partial charge on any atom is 0.129 e. The Morgan fingerprint density at radius 1 is 1.50 bits per heavy atom. The van der Waals surface area contributed by atoms with E-state index in [1.807, 2.05) is 6.07 Å². The van der Waals surface area contributed by atoms with Gasteiger partial charge < -0.3 is 5.32 Å². The molecule has 0 aliphatic carbocycles. The number of nitrogens with one attached hydrogen (secondary N) is 1. The van der Waals surface area contributed by atoms with Gasteiger partial charge in [0.1, 0.15) is 5.82 Å². The van der Waals surface area contributed by atoms with Gasteiger partial charge in [-0.3, -0.25) is 0 Å². The third-order valence-electron chi connectivity index (χ3n) is 2.54. The minimum atomic E-state index is -0.310. The number of nitrogens with zero attached hydrogens (tertiary/aromatic N) is 1. The maximum absolute atomic E-state index is 13.5. The van der Waals surface area contributed by atoms with E-state index in [9.17, 15) is 4.39 Å². The highest BCUT2D eigenvalue weighted by Gasteiger charge is 2.05. The van der Waals surface area contributed by atoms with E-state index in [1.165, 1.54) is 6.07 Å². The van der Waals surface area contributed by atoms with Crippen LogP contribution < -0.4 is 5.32 Å². The Kier molecular flexibility index (Phi) is 4.94. The van der Waals surface area contributed by atoms with Crippen molar-refractivity contribution in [1.29, 1.82) is 5.26 Å². The molecule has 1 N–H and O–H groups in total. The molecule has 0 heterocycles. The molecule has 0 spiro atoms. The van der Waals surface area contributed by atoms with Gasteiger partial charge in [0.05, 0.1) is 11.6 Å². The second kappa shape index (κ2) is 6.24. The van der Waals surface area contributed by atoms with E-state index >= 15 is 0 Å². The largest absolute Gasteiger partial charge is 0.310 e. The molecule has 0 fully saturated rings. The van der Waals surface area contributed by atoms with E-state index < -0.39 is 0 Å². The summed E-state index contributed by atoms with van der Waals surface area (Å²) in [6.07, 6.45) is 2.20. The van der Waals surface area contributed by atoms with Gasteiger partial charge in [-0.15, -0.1) is 0 Å². The van der Waals surface area contributed by atoms with Gasteiger partial charge >= 0.3 is 0 Å². The van der Waals surface area contributed by atoms with Crippen molar-refractivity contribution in [3.63, 3.8) is 0 Å². The Labute approximate surface area is 96.1 Å². The quantitative estimate of drug-likeness (QED) is 0.828. The Morgan fingerprint density at radius 2 is 2.25 bits per heavy atom. The van der Waals surface area contributed by atoms with Gasteiger partial charge in [-0.05, 0) is 25.5 Å². The Hall–Kier alpha value is -1.40. The molecule has 0 aliphatic heterocycles. The number of hydrogen-bond acceptors (Lipinski definition) is 2. The Balaban J connectivity index is 2.58. The van der Waals surface area contributed by atoms with Crippen LogP contribution in [0.3, 0.4) is 0 Å². The van der Waals surface area contributed by atoms with Gasteiger partial charge in [-0.25, -0.2) is 4.39 Å². The van der Waals surface area contributed by atoms with Crippen LogP contribution in [-0.4, -0.2) is 6.04 Å². The Bertz CT molecular complexity index is 382. The van der Waals surface area contributed by atoms with Gasteiger partial charge in [0, 0.05) is 18.2 Å². The third-order valence-corrected chi connectivity index (χ3v) is 2.54. The zero-order valence-electron chi connectivity index (χ0n) is 9.76. The van der Waals surface area contributed by atoms with Crippen molar-refractivity contribution in [2.24, 2.45) is 0 Å². The molecule has 0 saturated heterocycles. The molecule has 1 aromatic carbocycles. The monoisotopic (exact) mass is 220 g/mol. The number of halogens is 1. The first-order valence-corrected chi connectivity index (χ1v) is 5.59. The molecule has 0 radical (unpaired) electrons. The molecule has 2 nitrogen and oxygen atoms in total. The summed E-state index contributed by atoms with van der Waals surface area (Å²) in [4.78, 5) is 0. The molecule has 16 heavy (non-hydrogen) atoms. The molecule has 86 valence electrons. The van der Waals surface area contributed by atoms with E-state index in [0.717, 1.165) is 12.8 Å². The second-order valence-corrected chi connectivity index (χ2v) is 3.99. The zero-order chi connectivity index (χ0) is 12.0. The van der Waals surface area contributed by atoms with Crippen LogP contribution in [0.5, 0.6) is 0 Å². The van der Waals surface area contributed by atoms with Gasteiger partial charge in [0.25, 0.3) is 0 Å². The molecule has 1 rings (SSSR count). The molecule has 1 atom stereocenters. The SMILES string of the molecule is CCCC(C)NCc1ccc(C#N)cc1F. The first-order valence-electron chi connectivity index (χ1n) is 5.59. The highest BCUT2D eigenvalue weighted by molar-refractivity contribution is 5.32. The van der Waals surface area contributed by atoms with E-state index in [0.29, 0.717) is 23.7 Å². The van der Waals surface area contributed by atoms with Gasteiger partial charge in [-0.2, -0.15) is 5.26 Å². The molecule has 1 unspecified atom stereocenters. The van der Waals surface area contributed by atoms with E-state index in [2.05, 4.69) is 19.2 Å². The highest BCUT2D eigenvalue weighted by Crippen LogP contribution is 2.10. The standard InChI is InChI=1S/C13H17FN2/c1-3-4-10(2)16-9-12-6-5-11(8-15)7-13(12)14/h5-7,10,16H,3-4,9H2,1-2H3. The molecule has 0 aromatic heterocycles. The normalized spacial score (nSPS) is 12.1. The molecular formula is C13H17FN2. The average molecular weight is 220 g/mol. The van der Waals surface area contributed by atoms with Crippen LogP contribution in [0.4, 0.5) is 4.39 Å². The van der Waals surface area contributed by atoms with E-state index in [4.69, 9.17) is 5.26 Å². The summed E-state index contributed by atoms with van der Waals surface area (Å²) < 4.78 is 13.5. The minimum absolute atomic E-state index is 0.310. The lowest BCUT2D eigenvalue weighted by atomic mass is 10.1. The van der Waals surface area contributed by atoms with Crippen LogP contribution in [-0.2, 0) is 6.54 Å². The van der Waals surface area contributed by atoms with Crippen molar-refractivity contribution in [1.82, 2.24) is 5.32 Å². The van der Waals surface area contributed by atoms with Crippen molar-refractivity contribution >= 4 is 0 Å². The van der Waals surface area contributed by atoms with Crippen molar-refractivity contribution < 1.29 is 4.39 Å². The van der Waals surface area contributed by atoms with E-state index in [-0.39, 0.29) is 5.82 Å². The third kappa shape index (κ3) is 3.63. The second-order valence-electron chi connectivity index (χ2n) is 3.99. The van der Waals surface area contributed by atoms with Crippen molar-refractivity contribution in [3.05, 3.63) is 35.1 Å². The van der Waals surface area contributed by atoms with Crippen LogP contribution in [0.15, 0.2) is 18.2 Å². The number of rotatable bonds is 5. The summed E-state index contributed by atoms with van der Waals surface area (Å²) in [6, 6.07) is 6.90. The van der Waals surface area contributed by atoms with Crippen LogP contribution in [0.25, 0.3) is 0 Å². The smallest absolute Gasteiger partial charge is 0.129 e. The molecule has 0 saturated carbocycles. The van der Waals surface area contributed by atoms with Crippen molar-refractivity contribution in [2.75, 3.05) is 0 Å². The van der Waals surface area contributed by atoms with Crippen LogP contribution in [0.1, 0.15) is 37.8 Å². The first-order chi connectivity index (χ1) is 7.67. The van der Waals surface area contributed by atoms with Crippen LogP contribution >= 0.6 is 0 Å². The summed E-state index contributed by atoms with van der Waals surface area (Å²) in [5, 5.41) is 11.9. The van der Waals surface area contributed by atoms with Gasteiger partial charge in [0.15, 0.2) is 0 Å². The van der Waals surface area contributed by atoms with Gasteiger partial charge in [0.2, 0.25) is 0 Å². The summed E-state index contributed by atoms with van der Waals surface area (Å²) in [5.41, 5.74) is 0.977. The van der Waals surface area contributed by atoms with Gasteiger partial charge in [-0.1, -0.05) is 19.4 Å². The fourth-order valence-electron chi connectivity index (χ4n) is 1.58. The highest BCUT2D eigenvalue weighted by atomic mass is 19.1. The first kappa shape index (κ1) is 12.7. The fraction of sp³-hybridized carbons (Fsp3) is 0.462. The number of benzene rings is 1. The predicted molar refractivity (Wildman–Crippen MR) is 62.3 cm³/mol. The number of nitriles is 1. The summed E-state index contributed by atoms with van der Waals surface area (Å²) in [5.74, 6) is -0.310. The van der Waals surface area contributed by atoms with Crippen molar-refractivity contribution in [2.45, 2.75) is 39.3 Å². The maximum atomic E-state index is 13.5. The Morgan fingerprint density at radius 3 is 2.81 bits per heavy atom. The number of hydrogen-bond donors (Lipinski definition) is 1. The molecular weight excluding hydrogens is 203 g/mol. The fourth-order valence-corrected chi connectivity index (χ4v) is 1.58. The van der Waals surface area contributed by atoms with Crippen LogP contribution in [0, 0.1) is 17.1 Å². The van der Waals surface area contributed by atoms with Crippen molar-refractivity contribution in [3.8, 4) is 6.07 Å². The zero-order valence-corrected chi connectivity index (χ0v) is 9.76. The molecule has 0 bridgehead atoms. The topological polar surface area (TPSA) is 35.8 Å². The minimum Gasteiger partial charge on any atom is -0.310 e. The summed E-state index contributed by atoms with van der Waals surface area (Å²) in [7, 11) is 0. The predicted octanol–water partition coefficient (Wildman–Crippen LogP) is 2.98. The molecule has 0 amide bonds. The lowest BCUT2D eigenvalue weighted by Gasteiger charge is -2.12. The lowest BCUT2D eigenvalue weighted by Crippen LogP contribution is -2.25. The summed E-state index contributed by atoms with van der Waals surface area (Å²) in [6.45, 7) is 4.73. The summed E-state index contributed by atoms with van der Waals surface area (Å²) >= 11 is 0. The van der Waals surface area contributed by atoms with Crippen LogP contribution in [0.2, 0.25) is 0 Å². The molecule has 0 aliphatic rings.